The van der Waals surface area contributed by atoms with Crippen molar-refractivity contribution < 1.29 is 22.7 Å². The van der Waals surface area contributed by atoms with E-state index in [0.29, 0.717) is 11.4 Å². The number of hydrogen-bond acceptors (Lipinski definition) is 3. The molecule has 0 aromatic heterocycles. The maximum Gasteiger partial charge on any atom is 0.416 e. The van der Waals surface area contributed by atoms with Crippen LogP contribution in [0.4, 0.5) is 24.5 Å². The second-order valence-electron chi connectivity index (χ2n) is 6.93. The maximum atomic E-state index is 13.1. The standard InChI is InChI=1S/C21H23F3N2O2/c1-15-6-5-7-17(12-15)28-14-20(27)25-18-13-16(21(22,23)24)8-9-19(18)26-10-3-2-4-11-26/h5-9,12-13H,2-4,10-11,14H2,1H3,(H,25,27). The van der Waals surface area contributed by atoms with Crippen molar-refractivity contribution in [1.82, 2.24) is 0 Å². The first-order valence-electron chi connectivity index (χ1n) is 9.28. The lowest BCUT2D eigenvalue weighted by Gasteiger charge is -2.31. The Kier molecular flexibility index (Phi) is 6.11. The molecule has 0 atom stereocenters. The van der Waals surface area contributed by atoms with Crippen molar-refractivity contribution in [2.75, 3.05) is 29.9 Å². The molecule has 0 unspecified atom stereocenters. The lowest BCUT2D eigenvalue weighted by molar-refractivity contribution is -0.137. The first kappa shape index (κ1) is 20.0. The number of rotatable bonds is 5. The number of ether oxygens (including phenoxy) is 1. The fourth-order valence-electron chi connectivity index (χ4n) is 3.26. The molecule has 0 bridgehead atoms. The predicted octanol–water partition coefficient (Wildman–Crippen LogP) is 5.02. The van der Waals surface area contributed by atoms with E-state index in [9.17, 15) is 18.0 Å². The second-order valence-corrected chi connectivity index (χ2v) is 6.93. The largest absolute Gasteiger partial charge is 0.484 e. The molecule has 28 heavy (non-hydrogen) atoms. The minimum absolute atomic E-state index is 0.162. The summed E-state index contributed by atoms with van der Waals surface area (Å²) in [5, 5.41) is 2.60. The first-order valence-corrected chi connectivity index (χ1v) is 9.28. The van der Waals surface area contributed by atoms with Crippen molar-refractivity contribution in [2.45, 2.75) is 32.4 Å². The molecule has 1 amide bonds. The molecule has 0 saturated carbocycles. The van der Waals surface area contributed by atoms with Crippen molar-refractivity contribution in [3.8, 4) is 5.75 Å². The molecule has 1 saturated heterocycles. The predicted molar refractivity (Wildman–Crippen MR) is 103 cm³/mol. The highest BCUT2D eigenvalue weighted by atomic mass is 19.4. The van der Waals surface area contributed by atoms with Gasteiger partial charge in [-0.25, -0.2) is 0 Å². The van der Waals surface area contributed by atoms with Gasteiger partial charge in [-0.2, -0.15) is 13.2 Å². The summed E-state index contributed by atoms with van der Waals surface area (Å²) in [6.07, 6.45) is -1.42. The van der Waals surface area contributed by atoms with Gasteiger partial charge in [-0.15, -0.1) is 0 Å². The Morgan fingerprint density at radius 2 is 1.86 bits per heavy atom. The van der Waals surface area contributed by atoms with E-state index in [0.717, 1.165) is 50.0 Å². The Bertz CT molecular complexity index is 831. The summed E-state index contributed by atoms with van der Waals surface area (Å²) in [5.74, 6) is 0.0366. The highest BCUT2D eigenvalue weighted by Crippen LogP contribution is 2.36. The Labute approximate surface area is 162 Å². The summed E-state index contributed by atoms with van der Waals surface area (Å²) in [7, 11) is 0. The van der Waals surface area contributed by atoms with Crippen LogP contribution >= 0.6 is 0 Å². The zero-order valence-electron chi connectivity index (χ0n) is 15.7. The van der Waals surface area contributed by atoms with E-state index < -0.39 is 17.6 Å². The summed E-state index contributed by atoms with van der Waals surface area (Å²) in [6.45, 7) is 3.14. The first-order chi connectivity index (χ1) is 13.3. The normalized spacial score (nSPS) is 14.6. The number of hydrogen-bond donors (Lipinski definition) is 1. The van der Waals surface area contributed by atoms with Crippen LogP contribution in [0, 0.1) is 6.92 Å². The molecule has 1 aliphatic rings. The van der Waals surface area contributed by atoms with Crippen LogP contribution in [0.15, 0.2) is 42.5 Å². The number of aryl methyl sites for hydroxylation is 1. The van der Waals surface area contributed by atoms with Gasteiger partial charge in [-0.05, 0) is 62.1 Å². The number of anilines is 2. The van der Waals surface area contributed by atoms with Crippen molar-refractivity contribution >= 4 is 17.3 Å². The molecule has 1 heterocycles. The zero-order valence-corrected chi connectivity index (χ0v) is 15.7. The van der Waals surface area contributed by atoms with Crippen molar-refractivity contribution in [3.63, 3.8) is 0 Å². The maximum absolute atomic E-state index is 13.1. The van der Waals surface area contributed by atoms with Gasteiger partial charge in [-0.3, -0.25) is 4.79 Å². The third kappa shape index (κ3) is 5.18. The molecule has 1 fully saturated rings. The summed E-state index contributed by atoms with van der Waals surface area (Å²) in [6, 6.07) is 10.7. The van der Waals surface area contributed by atoms with Gasteiger partial charge in [0.25, 0.3) is 5.91 Å². The third-order valence-corrected chi connectivity index (χ3v) is 4.65. The molecule has 150 valence electrons. The summed E-state index contributed by atoms with van der Waals surface area (Å²) >= 11 is 0. The van der Waals surface area contributed by atoms with Crippen LogP contribution in [-0.2, 0) is 11.0 Å². The van der Waals surface area contributed by atoms with Crippen LogP contribution in [0.3, 0.4) is 0 Å². The van der Waals surface area contributed by atoms with E-state index in [1.807, 2.05) is 24.0 Å². The van der Waals surface area contributed by atoms with Gasteiger partial charge < -0.3 is 15.0 Å². The lowest BCUT2D eigenvalue weighted by Crippen LogP contribution is -2.31. The van der Waals surface area contributed by atoms with E-state index in [-0.39, 0.29) is 12.3 Å². The number of alkyl halides is 3. The molecule has 3 rings (SSSR count). The van der Waals surface area contributed by atoms with Crippen LogP contribution in [0.5, 0.6) is 5.75 Å². The Morgan fingerprint density at radius 1 is 1.11 bits per heavy atom. The molecule has 2 aromatic carbocycles. The van der Waals surface area contributed by atoms with Crippen LogP contribution in [0.25, 0.3) is 0 Å². The molecule has 7 heteroatoms. The second kappa shape index (κ2) is 8.54. The van der Waals surface area contributed by atoms with Crippen LogP contribution in [0.1, 0.15) is 30.4 Å². The molecule has 0 radical (unpaired) electrons. The molecular weight excluding hydrogens is 369 g/mol. The smallest absolute Gasteiger partial charge is 0.416 e. The van der Waals surface area contributed by atoms with E-state index in [1.165, 1.54) is 6.07 Å². The topological polar surface area (TPSA) is 41.6 Å². The minimum Gasteiger partial charge on any atom is -0.484 e. The zero-order chi connectivity index (χ0) is 20.1. The number of halogens is 3. The van der Waals surface area contributed by atoms with Crippen LogP contribution in [0.2, 0.25) is 0 Å². The van der Waals surface area contributed by atoms with Gasteiger partial charge in [0, 0.05) is 13.1 Å². The minimum atomic E-state index is -4.47. The summed E-state index contributed by atoms with van der Waals surface area (Å²) in [4.78, 5) is 14.3. The number of piperidine rings is 1. The Balaban J connectivity index is 1.76. The van der Waals surface area contributed by atoms with E-state index in [4.69, 9.17) is 4.74 Å². The highest BCUT2D eigenvalue weighted by molar-refractivity contribution is 5.95. The van der Waals surface area contributed by atoms with Gasteiger partial charge in [0.1, 0.15) is 5.75 Å². The number of carbonyl (C=O) groups is 1. The summed E-state index contributed by atoms with van der Waals surface area (Å²) in [5.41, 5.74) is 0.970. The van der Waals surface area contributed by atoms with E-state index in [2.05, 4.69) is 5.32 Å². The summed E-state index contributed by atoms with van der Waals surface area (Å²) < 4.78 is 44.9. The van der Waals surface area contributed by atoms with Gasteiger partial charge in [-0.1, -0.05) is 12.1 Å². The van der Waals surface area contributed by atoms with Gasteiger partial charge in [0.15, 0.2) is 6.61 Å². The van der Waals surface area contributed by atoms with Crippen molar-refractivity contribution in [1.29, 1.82) is 0 Å². The van der Waals surface area contributed by atoms with Crippen molar-refractivity contribution in [3.05, 3.63) is 53.6 Å². The number of carbonyl (C=O) groups excluding carboxylic acids is 1. The highest BCUT2D eigenvalue weighted by Gasteiger charge is 2.31. The number of benzene rings is 2. The number of nitrogens with one attached hydrogen (secondary N) is 1. The van der Waals surface area contributed by atoms with Crippen LogP contribution in [-0.4, -0.2) is 25.6 Å². The Hall–Kier alpha value is -2.70. The molecule has 1 aliphatic heterocycles. The van der Waals surface area contributed by atoms with Gasteiger partial charge >= 0.3 is 6.18 Å². The van der Waals surface area contributed by atoms with Crippen molar-refractivity contribution in [2.24, 2.45) is 0 Å². The van der Waals surface area contributed by atoms with Gasteiger partial charge in [0.2, 0.25) is 0 Å². The molecule has 2 aromatic rings. The Morgan fingerprint density at radius 3 is 2.54 bits per heavy atom. The van der Waals surface area contributed by atoms with Gasteiger partial charge in [0.05, 0.1) is 16.9 Å². The third-order valence-electron chi connectivity index (χ3n) is 4.65. The molecule has 0 aliphatic carbocycles. The lowest BCUT2D eigenvalue weighted by atomic mass is 10.1. The molecule has 0 spiro atoms. The average Bonchev–Trinajstić information content (AvgIpc) is 2.66. The quantitative estimate of drug-likeness (QED) is 0.777. The molecule has 1 N–H and O–H groups in total. The van der Waals surface area contributed by atoms with Crippen LogP contribution < -0.4 is 15.0 Å². The monoisotopic (exact) mass is 392 g/mol. The average molecular weight is 392 g/mol. The SMILES string of the molecule is Cc1cccc(OCC(=O)Nc2cc(C(F)(F)F)ccc2N2CCCCC2)c1. The van der Waals surface area contributed by atoms with E-state index in [1.54, 1.807) is 12.1 Å². The molecular formula is C21H23F3N2O2. The number of nitrogens with zero attached hydrogens (tertiary/aromatic N) is 1. The fraction of sp³-hybridized carbons (Fsp3) is 0.381. The number of amides is 1. The van der Waals surface area contributed by atoms with E-state index >= 15 is 0 Å². The molecule has 4 nitrogen and oxygen atoms in total. The fourth-order valence-corrected chi connectivity index (χ4v) is 3.26.